The minimum absolute atomic E-state index is 0.505. The number of benzene rings is 1. The Hall–Kier alpha value is -1.08. The fourth-order valence-electron chi connectivity index (χ4n) is 1.91. The van der Waals surface area contributed by atoms with Crippen LogP contribution in [-0.4, -0.2) is 6.04 Å². The summed E-state index contributed by atoms with van der Waals surface area (Å²) in [6, 6.07) is 11.7. The van der Waals surface area contributed by atoms with Gasteiger partial charge in [0.2, 0.25) is 0 Å². The largest absolute Gasteiger partial charge is 0.304 e. The third-order valence-corrected chi connectivity index (χ3v) is 2.67. The standard InChI is InChI=1S/C12H15N/c1-2-11-8-9-12(13-11)10-6-4-3-5-7-10/h2-7,11-13H,1,8-9H2. The minimum Gasteiger partial charge on any atom is -0.304 e. The highest BCUT2D eigenvalue weighted by atomic mass is 15.0. The summed E-state index contributed by atoms with van der Waals surface area (Å²) >= 11 is 0. The molecule has 13 heavy (non-hydrogen) atoms. The predicted octanol–water partition coefficient (Wildman–Crippen LogP) is 2.67. The summed E-state index contributed by atoms with van der Waals surface area (Å²) in [4.78, 5) is 0. The highest BCUT2D eigenvalue weighted by Gasteiger charge is 2.21. The van der Waals surface area contributed by atoms with Gasteiger partial charge in [0.15, 0.2) is 0 Å². The molecule has 2 rings (SSSR count). The van der Waals surface area contributed by atoms with Gasteiger partial charge < -0.3 is 5.32 Å². The van der Waals surface area contributed by atoms with Gasteiger partial charge in [-0.2, -0.15) is 0 Å². The van der Waals surface area contributed by atoms with E-state index < -0.39 is 0 Å². The Morgan fingerprint density at radius 2 is 2.00 bits per heavy atom. The molecule has 1 aromatic carbocycles. The van der Waals surface area contributed by atoms with E-state index in [2.05, 4.69) is 42.2 Å². The maximum absolute atomic E-state index is 3.81. The quantitative estimate of drug-likeness (QED) is 0.678. The van der Waals surface area contributed by atoms with Crippen LogP contribution in [0.3, 0.4) is 0 Å². The summed E-state index contributed by atoms with van der Waals surface area (Å²) in [7, 11) is 0. The molecule has 0 aliphatic carbocycles. The fourth-order valence-corrected chi connectivity index (χ4v) is 1.91. The van der Waals surface area contributed by atoms with Crippen LogP contribution in [0.5, 0.6) is 0 Å². The van der Waals surface area contributed by atoms with Crippen LogP contribution in [0, 0.1) is 0 Å². The molecule has 1 fully saturated rings. The maximum Gasteiger partial charge on any atom is 0.0326 e. The van der Waals surface area contributed by atoms with Gasteiger partial charge in [0.1, 0.15) is 0 Å². The second kappa shape index (κ2) is 3.75. The normalized spacial score (nSPS) is 27.4. The average Bonchev–Trinajstić information content (AvgIpc) is 2.67. The molecule has 0 aromatic heterocycles. The highest BCUT2D eigenvalue weighted by molar-refractivity contribution is 5.20. The van der Waals surface area contributed by atoms with Gasteiger partial charge in [0.25, 0.3) is 0 Å². The van der Waals surface area contributed by atoms with E-state index >= 15 is 0 Å². The monoisotopic (exact) mass is 173 g/mol. The maximum atomic E-state index is 3.81. The lowest BCUT2D eigenvalue weighted by atomic mass is 10.1. The zero-order valence-corrected chi connectivity index (χ0v) is 7.74. The second-order valence-corrected chi connectivity index (χ2v) is 3.55. The van der Waals surface area contributed by atoms with Crippen LogP contribution in [0.1, 0.15) is 24.4 Å². The molecule has 1 saturated heterocycles. The lowest BCUT2D eigenvalue weighted by Crippen LogP contribution is -2.21. The molecule has 1 heterocycles. The summed E-state index contributed by atoms with van der Waals surface area (Å²) < 4.78 is 0. The highest BCUT2D eigenvalue weighted by Crippen LogP contribution is 2.26. The first-order valence-electron chi connectivity index (χ1n) is 4.83. The first-order valence-corrected chi connectivity index (χ1v) is 4.83. The van der Waals surface area contributed by atoms with E-state index in [4.69, 9.17) is 0 Å². The zero-order valence-electron chi connectivity index (χ0n) is 7.74. The third-order valence-electron chi connectivity index (χ3n) is 2.67. The van der Waals surface area contributed by atoms with Crippen molar-refractivity contribution in [1.82, 2.24) is 5.32 Å². The fraction of sp³-hybridized carbons (Fsp3) is 0.333. The van der Waals surface area contributed by atoms with Crippen LogP contribution < -0.4 is 5.32 Å². The van der Waals surface area contributed by atoms with Gasteiger partial charge in [-0.3, -0.25) is 0 Å². The van der Waals surface area contributed by atoms with Crippen LogP contribution >= 0.6 is 0 Å². The molecule has 2 unspecified atom stereocenters. The van der Waals surface area contributed by atoms with Crippen LogP contribution in [0.15, 0.2) is 43.0 Å². The summed E-state index contributed by atoms with van der Waals surface area (Å²) in [5, 5.41) is 3.54. The summed E-state index contributed by atoms with van der Waals surface area (Å²) in [6.45, 7) is 3.81. The molecule has 2 atom stereocenters. The van der Waals surface area contributed by atoms with E-state index in [9.17, 15) is 0 Å². The molecule has 1 aliphatic heterocycles. The van der Waals surface area contributed by atoms with Gasteiger partial charge in [0.05, 0.1) is 0 Å². The van der Waals surface area contributed by atoms with Gasteiger partial charge in [-0.25, -0.2) is 0 Å². The van der Waals surface area contributed by atoms with Crippen molar-refractivity contribution >= 4 is 0 Å². The van der Waals surface area contributed by atoms with E-state index in [1.807, 2.05) is 6.08 Å². The Balaban J connectivity index is 2.08. The average molecular weight is 173 g/mol. The molecular formula is C12H15N. The minimum atomic E-state index is 0.505. The van der Waals surface area contributed by atoms with Crippen molar-refractivity contribution in [1.29, 1.82) is 0 Å². The molecule has 1 heteroatoms. The van der Waals surface area contributed by atoms with Crippen molar-refractivity contribution in [3.8, 4) is 0 Å². The lowest BCUT2D eigenvalue weighted by Gasteiger charge is -2.11. The summed E-state index contributed by atoms with van der Waals surface area (Å²) in [6.07, 6.45) is 4.44. The summed E-state index contributed by atoms with van der Waals surface area (Å²) in [5.74, 6) is 0. The van der Waals surface area contributed by atoms with Crippen molar-refractivity contribution in [2.24, 2.45) is 0 Å². The Bertz CT molecular complexity index is 278. The van der Waals surface area contributed by atoms with E-state index in [0.717, 1.165) is 0 Å². The molecule has 1 nitrogen and oxygen atoms in total. The number of hydrogen-bond donors (Lipinski definition) is 1. The number of nitrogens with one attached hydrogen (secondary N) is 1. The topological polar surface area (TPSA) is 12.0 Å². The van der Waals surface area contributed by atoms with E-state index in [-0.39, 0.29) is 0 Å². The van der Waals surface area contributed by atoms with E-state index in [0.29, 0.717) is 12.1 Å². The van der Waals surface area contributed by atoms with Crippen molar-refractivity contribution in [2.45, 2.75) is 24.9 Å². The molecular weight excluding hydrogens is 158 g/mol. The Kier molecular flexibility index (Phi) is 2.46. The summed E-state index contributed by atoms with van der Waals surface area (Å²) in [5.41, 5.74) is 1.40. The number of hydrogen-bond acceptors (Lipinski definition) is 1. The molecule has 0 radical (unpaired) electrons. The van der Waals surface area contributed by atoms with Crippen LogP contribution in [0.4, 0.5) is 0 Å². The first-order chi connectivity index (χ1) is 6.40. The SMILES string of the molecule is C=CC1CCC(c2ccccc2)N1. The molecule has 0 amide bonds. The van der Waals surface area contributed by atoms with Crippen LogP contribution in [0.25, 0.3) is 0 Å². The smallest absolute Gasteiger partial charge is 0.0326 e. The molecule has 0 spiro atoms. The first kappa shape index (κ1) is 8.52. The Morgan fingerprint density at radius 3 is 2.62 bits per heavy atom. The molecule has 68 valence electrons. The Labute approximate surface area is 79.5 Å². The lowest BCUT2D eigenvalue weighted by molar-refractivity contribution is 0.613. The third kappa shape index (κ3) is 1.81. The molecule has 1 aliphatic rings. The van der Waals surface area contributed by atoms with E-state index in [1.165, 1.54) is 18.4 Å². The van der Waals surface area contributed by atoms with Gasteiger partial charge in [-0.15, -0.1) is 6.58 Å². The molecule has 1 N–H and O–H groups in total. The predicted molar refractivity (Wildman–Crippen MR) is 55.5 cm³/mol. The van der Waals surface area contributed by atoms with Crippen molar-refractivity contribution in [3.63, 3.8) is 0 Å². The zero-order chi connectivity index (χ0) is 9.10. The molecule has 0 saturated carbocycles. The van der Waals surface area contributed by atoms with Gasteiger partial charge in [-0.05, 0) is 18.4 Å². The second-order valence-electron chi connectivity index (χ2n) is 3.55. The Morgan fingerprint density at radius 1 is 1.23 bits per heavy atom. The van der Waals surface area contributed by atoms with Crippen LogP contribution in [0.2, 0.25) is 0 Å². The van der Waals surface area contributed by atoms with Crippen molar-refractivity contribution < 1.29 is 0 Å². The number of rotatable bonds is 2. The molecule has 0 bridgehead atoms. The van der Waals surface area contributed by atoms with Crippen molar-refractivity contribution in [2.75, 3.05) is 0 Å². The van der Waals surface area contributed by atoms with Gasteiger partial charge in [-0.1, -0.05) is 36.4 Å². The van der Waals surface area contributed by atoms with Crippen molar-refractivity contribution in [3.05, 3.63) is 48.6 Å². The van der Waals surface area contributed by atoms with Gasteiger partial charge >= 0.3 is 0 Å². The van der Waals surface area contributed by atoms with E-state index in [1.54, 1.807) is 0 Å². The van der Waals surface area contributed by atoms with Crippen LogP contribution in [-0.2, 0) is 0 Å². The van der Waals surface area contributed by atoms with Gasteiger partial charge in [0, 0.05) is 12.1 Å². The molecule has 1 aromatic rings.